The third kappa shape index (κ3) is 3.55. The molecule has 2 rings (SSSR count). The molecule has 0 bridgehead atoms. The largest absolute Gasteiger partial charge is 0.380 e. The number of hydrogen-bond acceptors (Lipinski definition) is 4. The number of pyridine rings is 1. The van der Waals surface area contributed by atoms with Gasteiger partial charge in [-0.15, -0.1) is 0 Å². The van der Waals surface area contributed by atoms with E-state index in [2.05, 4.69) is 40.3 Å². The monoisotopic (exact) mass is 261 g/mol. The highest BCUT2D eigenvalue weighted by Crippen LogP contribution is 2.21. The summed E-state index contributed by atoms with van der Waals surface area (Å²) in [5, 5.41) is 3.26. The first-order valence-electron chi connectivity index (χ1n) is 6.79. The molecule has 0 amide bonds. The molecule has 0 saturated carbocycles. The van der Waals surface area contributed by atoms with E-state index in [9.17, 15) is 0 Å². The van der Waals surface area contributed by atoms with E-state index in [-0.39, 0.29) is 0 Å². The van der Waals surface area contributed by atoms with Gasteiger partial charge in [0.15, 0.2) is 0 Å². The Bertz CT molecular complexity index is 445. The van der Waals surface area contributed by atoms with E-state index in [0.29, 0.717) is 6.04 Å². The van der Waals surface area contributed by atoms with Gasteiger partial charge in [-0.25, -0.2) is 4.98 Å². The molecule has 104 valence electrons. The van der Waals surface area contributed by atoms with Gasteiger partial charge in [0.05, 0.1) is 6.61 Å². The summed E-state index contributed by atoms with van der Waals surface area (Å²) in [6.07, 6.45) is 5.21. The Balaban J connectivity index is 2.07. The first-order chi connectivity index (χ1) is 9.24. The minimum Gasteiger partial charge on any atom is -0.380 e. The third-order valence-corrected chi connectivity index (χ3v) is 3.66. The molecule has 1 aliphatic rings. The highest BCUT2D eigenvalue weighted by molar-refractivity contribution is 5.44. The van der Waals surface area contributed by atoms with Crippen LogP contribution < -0.4 is 10.2 Å². The predicted octanol–water partition coefficient (Wildman–Crippen LogP) is 2.14. The Morgan fingerprint density at radius 2 is 2.37 bits per heavy atom. The fraction of sp³-hybridized carbons (Fsp3) is 0.533. The summed E-state index contributed by atoms with van der Waals surface area (Å²) in [6.45, 7) is 4.84. The predicted molar refractivity (Wildman–Crippen MR) is 78.5 cm³/mol. The van der Waals surface area contributed by atoms with E-state index in [0.717, 1.165) is 31.9 Å². The van der Waals surface area contributed by atoms with E-state index in [1.165, 1.54) is 11.1 Å². The minimum absolute atomic E-state index is 0.353. The molecule has 2 heterocycles. The molecule has 0 fully saturated rings. The Labute approximate surface area is 115 Å². The van der Waals surface area contributed by atoms with Gasteiger partial charge in [-0.2, -0.15) is 0 Å². The summed E-state index contributed by atoms with van der Waals surface area (Å²) in [7, 11) is 3.73. The second kappa shape index (κ2) is 6.68. The van der Waals surface area contributed by atoms with Crippen molar-refractivity contribution in [3.63, 3.8) is 0 Å². The highest BCUT2D eigenvalue weighted by atomic mass is 16.5. The van der Waals surface area contributed by atoms with Crippen molar-refractivity contribution in [1.29, 1.82) is 0 Å². The van der Waals surface area contributed by atoms with Crippen LogP contribution >= 0.6 is 0 Å². The van der Waals surface area contributed by atoms with Gasteiger partial charge in [0.2, 0.25) is 0 Å². The van der Waals surface area contributed by atoms with Crippen molar-refractivity contribution in [3.8, 4) is 0 Å². The molecule has 1 unspecified atom stereocenters. The van der Waals surface area contributed by atoms with Gasteiger partial charge in [-0.3, -0.25) is 0 Å². The molecule has 0 spiro atoms. The average Bonchev–Trinajstić information content (AvgIpc) is 2.48. The third-order valence-electron chi connectivity index (χ3n) is 3.66. The molecule has 0 aliphatic carbocycles. The molecule has 1 atom stereocenters. The van der Waals surface area contributed by atoms with Gasteiger partial charge in [0.25, 0.3) is 0 Å². The summed E-state index contributed by atoms with van der Waals surface area (Å²) >= 11 is 0. The Hall–Kier alpha value is -1.39. The van der Waals surface area contributed by atoms with E-state index >= 15 is 0 Å². The van der Waals surface area contributed by atoms with Gasteiger partial charge >= 0.3 is 0 Å². The van der Waals surface area contributed by atoms with Crippen molar-refractivity contribution < 1.29 is 4.74 Å². The van der Waals surface area contributed by atoms with E-state index in [1.807, 2.05) is 13.2 Å². The number of hydrogen-bond donors (Lipinski definition) is 1. The highest BCUT2D eigenvalue weighted by Gasteiger charge is 2.14. The van der Waals surface area contributed by atoms with Crippen LogP contribution in [0, 0.1) is 0 Å². The van der Waals surface area contributed by atoms with Crippen LogP contribution in [0.5, 0.6) is 0 Å². The van der Waals surface area contributed by atoms with Crippen molar-refractivity contribution in [3.05, 3.63) is 35.5 Å². The molecule has 0 aromatic carbocycles. The Morgan fingerprint density at radius 3 is 3.00 bits per heavy atom. The summed E-state index contributed by atoms with van der Waals surface area (Å²) in [5.74, 6) is 1.06. The number of anilines is 1. The first kappa shape index (κ1) is 14.0. The van der Waals surface area contributed by atoms with Crippen molar-refractivity contribution in [1.82, 2.24) is 10.3 Å². The summed E-state index contributed by atoms with van der Waals surface area (Å²) in [6, 6.07) is 4.60. The second-order valence-electron chi connectivity index (χ2n) is 4.95. The molecule has 1 aliphatic heterocycles. The fourth-order valence-corrected chi connectivity index (χ4v) is 2.28. The standard InChI is InChI=1S/C15H23N3O/c1-12(16-2)14-4-7-17-15(10-14)18-8-5-13(6-9-18)11-19-3/h4-5,7,10,12,16H,6,8-9,11H2,1-3H3. The maximum absolute atomic E-state index is 5.18. The van der Waals surface area contributed by atoms with Crippen molar-refractivity contribution in [2.75, 3.05) is 38.8 Å². The van der Waals surface area contributed by atoms with Crippen molar-refractivity contribution in [2.45, 2.75) is 19.4 Å². The molecule has 19 heavy (non-hydrogen) atoms. The molecule has 1 aromatic rings. The van der Waals surface area contributed by atoms with Gasteiger partial charge in [0, 0.05) is 32.4 Å². The molecular weight excluding hydrogens is 238 g/mol. The zero-order valence-corrected chi connectivity index (χ0v) is 12.0. The van der Waals surface area contributed by atoms with Crippen LogP contribution in [0.15, 0.2) is 30.0 Å². The van der Waals surface area contributed by atoms with Crippen LogP contribution in [-0.2, 0) is 4.74 Å². The smallest absolute Gasteiger partial charge is 0.129 e. The number of aromatic nitrogens is 1. The Morgan fingerprint density at radius 1 is 1.53 bits per heavy atom. The summed E-state index contributed by atoms with van der Waals surface area (Å²) < 4.78 is 5.18. The van der Waals surface area contributed by atoms with Crippen LogP contribution in [0.1, 0.15) is 24.9 Å². The number of ether oxygens (including phenoxy) is 1. The van der Waals surface area contributed by atoms with Gasteiger partial charge in [-0.05, 0) is 43.7 Å². The minimum atomic E-state index is 0.353. The quantitative estimate of drug-likeness (QED) is 0.824. The zero-order chi connectivity index (χ0) is 13.7. The summed E-state index contributed by atoms with van der Waals surface area (Å²) in [5.41, 5.74) is 2.66. The number of nitrogens with one attached hydrogen (secondary N) is 1. The van der Waals surface area contributed by atoms with Crippen LogP contribution in [0.3, 0.4) is 0 Å². The summed E-state index contributed by atoms with van der Waals surface area (Å²) in [4.78, 5) is 6.80. The lowest BCUT2D eigenvalue weighted by Gasteiger charge is -2.28. The molecule has 4 heteroatoms. The fourth-order valence-electron chi connectivity index (χ4n) is 2.28. The van der Waals surface area contributed by atoms with E-state index in [4.69, 9.17) is 4.74 Å². The number of nitrogens with zero attached hydrogens (tertiary/aromatic N) is 2. The maximum Gasteiger partial charge on any atom is 0.129 e. The maximum atomic E-state index is 5.18. The molecule has 0 saturated heterocycles. The first-order valence-corrected chi connectivity index (χ1v) is 6.79. The lowest BCUT2D eigenvalue weighted by atomic mass is 10.1. The van der Waals surface area contributed by atoms with Gasteiger partial charge < -0.3 is 15.0 Å². The lowest BCUT2D eigenvalue weighted by Crippen LogP contribution is -2.30. The Kier molecular flexibility index (Phi) is 4.93. The van der Waals surface area contributed by atoms with E-state index < -0.39 is 0 Å². The second-order valence-corrected chi connectivity index (χ2v) is 4.95. The number of rotatable bonds is 5. The van der Waals surface area contributed by atoms with Gasteiger partial charge in [-0.1, -0.05) is 6.08 Å². The average molecular weight is 261 g/mol. The topological polar surface area (TPSA) is 37.4 Å². The molecular formula is C15H23N3O. The van der Waals surface area contributed by atoms with Crippen LogP contribution in [0.25, 0.3) is 0 Å². The molecule has 1 N–H and O–H groups in total. The lowest BCUT2D eigenvalue weighted by molar-refractivity contribution is 0.222. The van der Waals surface area contributed by atoms with Crippen LogP contribution in [0.4, 0.5) is 5.82 Å². The molecule has 4 nitrogen and oxygen atoms in total. The zero-order valence-electron chi connectivity index (χ0n) is 12.0. The molecule has 0 radical (unpaired) electrons. The number of methoxy groups -OCH3 is 1. The normalized spacial score (nSPS) is 17.2. The van der Waals surface area contributed by atoms with E-state index in [1.54, 1.807) is 7.11 Å². The van der Waals surface area contributed by atoms with Crippen molar-refractivity contribution >= 4 is 5.82 Å². The SMILES string of the molecule is CNC(C)c1ccnc(N2CC=C(COC)CC2)c1. The van der Waals surface area contributed by atoms with Crippen LogP contribution in [-0.4, -0.2) is 38.8 Å². The van der Waals surface area contributed by atoms with Crippen LogP contribution in [0.2, 0.25) is 0 Å². The molecule has 1 aromatic heterocycles. The van der Waals surface area contributed by atoms with Gasteiger partial charge in [0.1, 0.15) is 5.82 Å². The van der Waals surface area contributed by atoms with Crippen molar-refractivity contribution in [2.24, 2.45) is 0 Å².